The van der Waals surface area contributed by atoms with Crippen LogP contribution in [0, 0.1) is 6.92 Å². The average Bonchev–Trinajstić information content (AvgIpc) is 2.55. The molecule has 0 spiro atoms. The molecule has 4 heteroatoms. The number of aldehydes is 1. The molecule has 0 saturated heterocycles. The molecule has 0 aliphatic rings. The van der Waals surface area contributed by atoms with Gasteiger partial charge in [0.25, 0.3) is 0 Å². The van der Waals surface area contributed by atoms with Crippen LogP contribution in [0.1, 0.15) is 11.4 Å². The number of hydrogen-bond acceptors (Lipinski definition) is 3. The fraction of sp³-hybridized carbons (Fsp3) is 0.333. The Morgan fingerprint density at radius 2 is 2.19 bits per heavy atom. The fourth-order valence-corrected chi connectivity index (χ4v) is 1.92. The first kappa shape index (κ1) is 10.7. The lowest BCUT2D eigenvalue weighted by Gasteiger charge is -2.15. The molecule has 0 aliphatic carbocycles. The molecule has 84 valence electrons. The summed E-state index contributed by atoms with van der Waals surface area (Å²) in [5, 5.41) is 0. The van der Waals surface area contributed by atoms with Crippen LogP contribution in [-0.2, 0) is 11.2 Å². The Bertz CT molecular complexity index is 528. The van der Waals surface area contributed by atoms with Crippen molar-refractivity contribution >= 4 is 17.8 Å². The summed E-state index contributed by atoms with van der Waals surface area (Å²) in [4.78, 5) is 17.2. The van der Waals surface area contributed by atoms with Gasteiger partial charge in [0, 0.05) is 20.5 Å². The number of aryl methyl sites for hydroxylation is 1. The largest absolute Gasteiger partial charge is 0.364 e. The standard InChI is InChI=1S/C12H15N3O/c1-9-10(7-8-16)15-11(13-9)5-4-6-12(15)14(2)3/h4-6,8H,7H2,1-3H3. The van der Waals surface area contributed by atoms with Gasteiger partial charge in [-0.3, -0.25) is 4.40 Å². The Balaban J connectivity index is 2.77. The third-order valence-corrected chi connectivity index (χ3v) is 2.65. The minimum atomic E-state index is 0.401. The monoisotopic (exact) mass is 217 g/mol. The van der Waals surface area contributed by atoms with E-state index in [9.17, 15) is 4.79 Å². The molecule has 0 fully saturated rings. The number of pyridine rings is 1. The number of imidazole rings is 1. The molecule has 0 bridgehead atoms. The van der Waals surface area contributed by atoms with Gasteiger partial charge in [0.15, 0.2) is 0 Å². The van der Waals surface area contributed by atoms with Crippen LogP contribution in [0.25, 0.3) is 5.65 Å². The number of nitrogens with zero attached hydrogens (tertiary/aromatic N) is 3. The first-order valence-electron chi connectivity index (χ1n) is 5.23. The number of rotatable bonds is 3. The quantitative estimate of drug-likeness (QED) is 0.730. The van der Waals surface area contributed by atoms with Gasteiger partial charge in [-0.25, -0.2) is 4.98 Å². The van der Waals surface area contributed by atoms with Crippen LogP contribution < -0.4 is 4.90 Å². The van der Waals surface area contributed by atoms with Crippen LogP contribution in [0.3, 0.4) is 0 Å². The number of aromatic nitrogens is 2. The Kier molecular flexibility index (Phi) is 2.64. The van der Waals surface area contributed by atoms with E-state index in [2.05, 4.69) is 4.98 Å². The zero-order valence-corrected chi connectivity index (χ0v) is 9.77. The van der Waals surface area contributed by atoms with Gasteiger partial charge in [-0.05, 0) is 19.1 Å². The molecule has 2 heterocycles. The van der Waals surface area contributed by atoms with Crippen molar-refractivity contribution in [3.05, 3.63) is 29.6 Å². The topological polar surface area (TPSA) is 37.6 Å². The van der Waals surface area contributed by atoms with Crippen molar-refractivity contribution in [2.45, 2.75) is 13.3 Å². The van der Waals surface area contributed by atoms with Gasteiger partial charge in [0.1, 0.15) is 17.8 Å². The summed E-state index contributed by atoms with van der Waals surface area (Å²) in [6.45, 7) is 1.94. The van der Waals surface area contributed by atoms with E-state index in [0.717, 1.165) is 29.1 Å². The third kappa shape index (κ3) is 1.56. The highest BCUT2D eigenvalue weighted by Crippen LogP contribution is 2.20. The van der Waals surface area contributed by atoms with Crippen molar-refractivity contribution in [1.82, 2.24) is 9.38 Å². The second kappa shape index (κ2) is 3.96. The van der Waals surface area contributed by atoms with E-state index < -0.39 is 0 Å². The molecule has 0 unspecified atom stereocenters. The van der Waals surface area contributed by atoms with Crippen LogP contribution >= 0.6 is 0 Å². The summed E-state index contributed by atoms with van der Waals surface area (Å²) in [6.07, 6.45) is 1.32. The predicted molar refractivity (Wildman–Crippen MR) is 64.0 cm³/mol. The zero-order chi connectivity index (χ0) is 11.7. The molecule has 2 aromatic rings. The zero-order valence-electron chi connectivity index (χ0n) is 9.77. The molecule has 0 atom stereocenters. The van der Waals surface area contributed by atoms with E-state index in [1.165, 1.54) is 0 Å². The van der Waals surface area contributed by atoms with E-state index in [0.29, 0.717) is 6.42 Å². The number of carbonyl (C=O) groups is 1. The van der Waals surface area contributed by atoms with E-state index in [4.69, 9.17) is 0 Å². The fourth-order valence-electron chi connectivity index (χ4n) is 1.92. The molecule has 0 amide bonds. The van der Waals surface area contributed by atoms with Gasteiger partial charge in [0.05, 0.1) is 11.4 Å². The van der Waals surface area contributed by atoms with Gasteiger partial charge >= 0.3 is 0 Å². The van der Waals surface area contributed by atoms with Gasteiger partial charge in [-0.1, -0.05) is 6.07 Å². The number of anilines is 1. The van der Waals surface area contributed by atoms with Gasteiger partial charge in [0.2, 0.25) is 0 Å². The first-order chi connectivity index (χ1) is 7.65. The maximum absolute atomic E-state index is 10.7. The molecular weight excluding hydrogens is 202 g/mol. The van der Waals surface area contributed by atoms with Crippen LogP contribution in [-0.4, -0.2) is 29.8 Å². The molecular formula is C12H15N3O. The Morgan fingerprint density at radius 1 is 1.44 bits per heavy atom. The van der Waals surface area contributed by atoms with Gasteiger partial charge in [-0.2, -0.15) is 0 Å². The lowest BCUT2D eigenvalue weighted by atomic mass is 10.3. The number of fused-ring (bicyclic) bond motifs is 1. The molecule has 0 radical (unpaired) electrons. The Labute approximate surface area is 94.5 Å². The summed E-state index contributed by atoms with van der Waals surface area (Å²) < 4.78 is 2.03. The minimum absolute atomic E-state index is 0.401. The highest BCUT2D eigenvalue weighted by Gasteiger charge is 2.11. The van der Waals surface area contributed by atoms with Crippen molar-refractivity contribution in [1.29, 1.82) is 0 Å². The average molecular weight is 217 g/mol. The summed E-state index contributed by atoms with van der Waals surface area (Å²) in [6, 6.07) is 5.94. The van der Waals surface area contributed by atoms with Crippen LogP contribution in [0.2, 0.25) is 0 Å². The third-order valence-electron chi connectivity index (χ3n) is 2.65. The summed E-state index contributed by atoms with van der Waals surface area (Å²) in [5.74, 6) is 1.04. The highest BCUT2D eigenvalue weighted by atomic mass is 16.1. The lowest BCUT2D eigenvalue weighted by Crippen LogP contribution is -2.14. The van der Waals surface area contributed by atoms with Crippen molar-refractivity contribution < 1.29 is 4.79 Å². The van der Waals surface area contributed by atoms with Gasteiger partial charge < -0.3 is 9.69 Å². The van der Waals surface area contributed by atoms with E-state index in [-0.39, 0.29) is 0 Å². The van der Waals surface area contributed by atoms with Crippen molar-refractivity contribution in [2.75, 3.05) is 19.0 Å². The molecule has 0 saturated carbocycles. The van der Waals surface area contributed by atoms with Crippen LogP contribution in [0.15, 0.2) is 18.2 Å². The second-order valence-corrected chi connectivity index (χ2v) is 3.99. The molecule has 16 heavy (non-hydrogen) atoms. The molecule has 2 aromatic heterocycles. The maximum atomic E-state index is 10.7. The minimum Gasteiger partial charge on any atom is -0.364 e. The van der Waals surface area contributed by atoms with Gasteiger partial charge in [-0.15, -0.1) is 0 Å². The number of carbonyl (C=O) groups excluding carboxylic acids is 1. The highest BCUT2D eigenvalue weighted by molar-refractivity contribution is 5.60. The molecule has 0 N–H and O–H groups in total. The van der Waals surface area contributed by atoms with Crippen molar-refractivity contribution in [3.8, 4) is 0 Å². The SMILES string of the molecule is Cc1nc2cccc(N(C)C)n2c1CC=O. The molecule has 2 rings (SSSR count). The lowest BCUT2D eigenvalue weighted by molar-refractivity contribution is -0.107. The Morgan fingerprint density at radius 3 is 2.81 bits per heavy atom. The smallest absolute Gasteiger partial charge is 0.138 e. The molecule has 0 aliphatic heterocycles. The van der Waals surface area contributed by atoms with E-state index in [1.807, 2.05) is 48.5 Å². The van der Waals surface area contributed by atoms with Crippen molar-refractivity contribution in [3.63, 3.8) is 0 Å². The summed E-state index contributed by atoms with van der Waals surface area (Å²) in [7, 11) is 3.96. The molecule has 0 aromatic carbocycles. The molecule has 4 nitrogen and oxygen atoms in total. The number of hydrogen-bond donors (Lipinski definition) is 0. The first-order valence-corrected chi connectivity index (χ1v) is 5.23. The predicted octanol–water partition coefficient (Wildman–Crippen LogP) is 1.45. The second-order valence-electron chi connectivity index (χ2n) is 3.99. The normalized spacial score (nSPS) is 10.7. The maximum Gasteiger partial charge on any atom is 0.138 e. The van der Waals surface area contributed by atoms with E-state index in [1.54, 1.807) is 0 Å². The van der Waals surface area contributed by atoms with Crippen LogP contribution in [0.5, 0.6) is 0 Å². The summed E-state index contributed by atoms with van der Waals surface area (Å²) >= 11 is 0. The van der Waals surface area contributed by atoms with E-state index >= 15 is 0 Å². The van der Waals surface area contributed by atoms with Crippen LogP contribution in [0.4, 0.5) is 5.82 Å². The van der Waals surface area contributed by atoms with Crippen molar-refractivity contribution in [2.24, 2.45) is 0 Å². The Hall–Kier alpha value is -1.84. The summed E-state index contributed by atoms with van der Waals surface area (Å²) in [5.41, 5.74) is 2.77.